The molecule has 1 aliphatic heterocycles. The van der Waals surface area contributed by atoms with Crippen molar-refractivity contribution >= 4 is 27.2 Å². The minimum absolute atomic E-state index is 0.182. The van der Waals surface area contributed by atoms with Gasteiger partial charge < -0.3 is 10.2 Å². The molecule has 1 aliphatic rings. The normalized spacial score (nSPS) is 15.7. The number of fused-ring (bicyclic) bond motifs is 1. The van der Waals surface area contributed by atoms with Gasteiger partial charge in [-0.25, -0.2) is 4.98 Å². The molecule has 2 heterocycles. The number of hydrogen-bond donors (Lipinski definition) is 1. The Balaban J connectivity index is 1.71. The first-order valence-electron chi connectivity index (χ1n) is 8.98. The van der Waals surface area contributed by atoms with Gasteiger partial charge in [0.25, 0.3) is 0 Å². The van der Waals surface area contributed by atoms with E-state index in [1.54, 1.807) is 0 Å². The molecular weight excluding hydrogens is 326 g/mol. The van der Waals surface area contributed by atoms with Gasteiger partial charge in [0.15, 0.2) is 0 Å². The standard InChI is InChI=1S/C21H25N3S/c1-21(2,3)16-9-7-15(8-10-16)20-23-17-5-4-6-18(19(17)25-20)24-13-11-22-12-14-24/h4-10,22H,11-14H2,1-3H3. The third-order valence-corrected chi connectivity index (χ3v) is 5.99. The summed E-state index contributed by atoms with van der Waals surface area (Å²) in [5, 5.41) is 4.54. The Bertz CT molecular complexity index is 868. The van der Waals surface area contributed by atoms with Crippen LogP contribution in [0.4, 0.5) is 5.69 Å². The lowest BCUT2D eigenvalue weighted by Crippen LogP contribution is -2.43. The van der Waals surface area contributed by atoms with Crippen molar-refractivity contribution in [2.24, 2.45) is 0 Å². The van der Waals surface area contributed by atoms with Crippen LogP contribution in [-0.4, -0.2) is 31.2 Å². The molecule has 0 aliphatic carbocycles. The summed E-state index contributed by atoms with van der Waals surface area (Å²) in [4.78, 5) is 7.38. The first-order chi connectivity index (χ1) is 12.0. The lowest BCUT2D eigenvalue weighted by Gasteiger charge is -2.29. The highest BCUT2D eigenvalue weighted by Crippen LogP contribution is 2.37. The molecule has 3 nitrogen and oxygen atoms in total. The van der Waals surface area contributed by atoms with E-state index in [4.69, 9.17) is 4.98 Å². The number of thiazole rings is 1. The average molecular weight is 352 g/mol. The van der Waals surface area contributed by atoms with Crippen molar-refractivity contribution in [3.8, 4) is 10.6 Å². The van der Waals surface area contributed by atoms with Crippen LogP contribution in [0.3, 0.4) is 0 Å². The van der Waals surface area contributed by atoms with Crippen LogP contribution in [0.5, 0.6) is 0 Å². The van der Waals surface area contributed by atoms with Gasteiger partial charge >= 0.3 is 0 Å². The first kappa shape index (κ1) is 16.6. The zero-order valence-corrected chi connectivity index (χ0v) is 16.0. The lowest BCUT2D eigenvalue weighted by atomic mass is 9.87. The van der Waals surface area contributed by atoms with Crippen LogP contribution in [0.2, 0.25) is 0 Å². The molecule has 0 unspecified atom stereocenters. The molecule has 0 saturated carbocycles. The molecule has 0 radical (unpaired) electrons. The molecule has 0 atom stereocenters. The molecule has 0 spiro atoms. The zero-order chi connectivity index (χ0) is 17.4. The Kier molecular flexibility index (Phi) is 4.26. The summed E-state index contributed by atoms with van der Waals surface area (Å²) in [6.45, 7) is 11.0. The molecular formula is C21H25N3S. The maximum atomic E-state index is 4.91. The highest BCUT2D eigenvalue weighted by molar-refractivity contribution is 7.22. The van der Waals surface area contributed by atoms with Crippen LogP contribution < -0.4 is 10.2 Å². The molecule has 0 bridgehead atoms. The average Bonchev–Trinajstić information content (AvgIpc) is 3.06. The molecule has 1 fully saturated rings. The summed E-state index contributed by atoms with van der Waals surface area (Å²) in [5.41, 5.74) is 5.19. The third kappa shape index (κ3) is 3.29. The molecule has 1 N–H and O–H groups in total. The van der Waals surface area contributed by atoms with Crippen LogP contribution in [0.1, 0.15) is 26.3 Å². The number of benzene rings is 2. The van der Waals surface area contributed by atoms with Gasteiger partial charge in [0, 0.05) is 31.7 Å². The number of rotatable bonds is 2. The molecule has 2 aromatic carbocycles. The summed E-state index contributed by atoms with van der Waals surface area (Å²) in [6.07, 6.45) is 0. The molecule has 25 heavy (non-hydrogen) atoms. The monoisotopic (exact) mass is 351 g/mol. The number of nitrogens with one attached hydrogen (secondary N) is 1. The molecule has 4 heteroatoms. The lowest BCUT2D eigenvalue weighted by molar-refractivity contribution is 0.590. The SMILES string of the molecule is CC(C)(C)c1ccc(-c2nc3cccc(N4CCNCC4)c3s2)cc1. The van der Waals surface area contributed by atoms with Gasteiger partial charge in [0.05, 0.1) is 15.9 Å². The highest BCUT2D eigenvalue weighted by atomic mass is 32.1. The largest absolute Gasteiger partial charge is 0.368 e. The second kappa shape index (κ2) is 6.43. The van der Waals surface area contributed by atoms with E-state index < -0.39 is 0 Å². The van der Waals surface area contributed by atoms with E-state index in [1.165, 1.54) is 21.5 Å². The quantitative estimate of drug-likeness (QED) is 0.727. The number of hydrogen-bond acceptors (Lipinski definition) is 4. The van der Waals surface area contributed by atoms with Gasteiger partial charge in [0.2, 0.25) is 0 Å². The van der Waals surface area contributed by atoms with Gasteiger partial charge in [-0.15, -0.1) is 11.3 Å². The predicted octanol–water partition coefficient (Wildman–Crippen LogP) is 4.67. The van der Waals surface area contributed by atoms with Crippen molar-refractivity contribution in [2.75, 3.05) is 31.1 Å². The van der Waals surface area contributed by atoms with Crippen molar-refractivity contribution in [3.63, 3.8) is 0 Å². The maximum Gasteiger partial charge on any atom is 0.124 e. The van der Waals surface area contributed by atoms with Gasteiger partial charge in [-0.1, -0.05) is 51.1 Å². The van der Waals surface area contributed by atoms with E-state index >= 15 is 0 Å². The van der Waals surface area contributed by atoms with Gasteiger partial charge in [-0.2, -0.15) is 0 Å². The van der Waals surface area contributed by atoms with Crippen molar-refractivity contribution in [1.29, 1.82) is 0 Å². The van der Waals surface area contributed by atoms with E-state index in [0.717, 1.165) is 36.7 Å². The summed E-state index contributed by atoms with van der Waals surface area (Å²) in [5.74, 6) is 0. The third-order valence-electron chi connectivity index (χ3n) is 4.85. The molecule has 3 aromatic rings. The van der Waals surface area contributed by atoms with Crippen LogP contribution >= 0.6 is 11.3 Å². The molecule has 1 aromatic heterocycles. The minimum atomic E-state index is 0.182. The summed E-state index contributed by atoms with van der Waals surface area (Å²) in [7, 11) is 0. The zero-order valence-electron chi connectivity index (χ0n) is 15.2. The highest BCUT2D eigenvalue weighted by Gasteiger charge is 2.17. The molecule has 130 valence electrons. The van der Waals surface area contributed by atoms with Gasteiger partial charge in [-0.05, 0) is 23.1 Å². The van der Waals surface area contributed by atoms with Crippen LogP contribution in [0.25, 0.3) is 20.8 Å². The minimum Gasteiger partial charge on any atom is -0.368 e. The van der Waals surface area contributed by atoms with E-state index in [1.807, 2.05) is 11.3 Å². The summed E-state index contributed by atoms with van der Waals surface area (Å²) in [6, 6.07) is 15.4. The van der Waals surface area contributed by atoms with Crippen molar-refractivity contribution in [2.45, 2.75) is 26.2 Å². The smallest absolute Gasteiger partial charge is 0.124 e. The molecule has 4 rings (SSSR count). The fourth-order valence-electron chi connectivity index (χ4n) is 3.33. The number of piperazine rings is 1. The summed E-state index contributed by atoms with van der Waals surface area (Å²) < 4.78 is 1.30. The van der Waals surface area contributed by atoms with E-state index in [9.17, 15) is 0 Å². The van der Waals surface area contributed by atoms with E-state index in [-0.39, 0.29) is 5.41 Å². The fourth-order valence-corrected chi connectivity index (χ4v) is 4.44. The van der Waals surface area contributed by atoms with Crippen LogP contribution in [0.15, 0.2) is 42.5 Å². The molecule has 1 saturated heterocycles. The Morgan fingerprint density at radius 2 is 1.72 bits per heavy atom. The van der Waals surface area contributed by atoms with Crippen molar-refractivity contribution in [1.82, 2.24) is 10.3 Å². The maximum absolute atomic E-state index is 4.91. The Morgan fingerprint density at radius 3 is 2.40 bits per heavy atom. The van der Waals surface area contributed by atoms with E-state index in [0.29, 0.717) is 0 Å². The molecule has 0 amide bonds. The Hall–Kier alpha value is -1.91. The Labute approximate surface area is 153 Å². The first-order valence-corrected chi connectivity index (χ1v) is 9.80. The number of anilines is 1. The van der Waals surface area contributed by atoms with Crippen LogP contribution in [-0.2, 0) is 5.41 Å². The predicted molar refractivity (Wildman–Crippen MR) is 109 cm³/mol. The van der Waals surface area contributed by atoms with Crippen LogP contribution in [0, 0.1) is 0 Å². The number of aromatic nitrogens is 1. The summed E-state index contributed by atoms with van der Waals surface area (Å²) >= 11 is 1.81. The van der Waals surface area contributed by atoms with E-state index in [2.05, 4.69) is 73.5 Å². The fraction of sp³-hybridized carbons (Fsp3) is 0.381. The van der Waals surface area contributed by atoms with Gasteiger partial charge in [-0.3, -0.25) is 0 Å². The Morgan fingerprint density at radius 1 is 1.00 bits per heavy atom. The van der Waals surface area contributed by atoms with Gasteiger partial charge in [0.1, 0.15) is 5.01 Å². The topological polar surface area (TPSA) is 28.2 Å². The second-order valence-corrected chi connectivity index (χ2v) is 8.71. The van der Waals surface area contributed by atoms with Crippen molar-refractivity contribution in [3.05, 3.63) is 48.0 Å². The second-order valence-electron chi connectivity index (χ2n) is 7.71. The number of nitrogens with zero attached hydrogens (tertiary/aromatic N) is 2. The van der Waals surface area contributed by atoms with Crippen molar-refractivity contribution < 1.29 is 0 Å².